The average Bonchev–Trinajstić information content (AvgIpc) is 3.28. The summed E-state index contributed by atoms with van der Waals surface area (Å²) in [6.45, 7) is 8.18. The zero-order valence-corrected chi connectivity index (χ0v) is 22.6. The van der Waals surface area contributed by atoms with Crippen LogP contribution in [0.5, 0.6) is 11.5 Å². The van der Waals surface area contributed by atoms with Gasteiger partial charge in [0.2, 0.25) is 28.6 Å². The molecule has 0 saturated carbocycles. The third kappa shape index (κ3) is 6.61. The number of nitrogens with zero attached hydrogens (tertiary/aromatic N) is 2. The molecule has 0 bridgehead atoms. The van der Waals surface area contributed by atoms with Crippen molar-refractivity contribution in [3.05, 3.63) is 53.1 Å². The van der Waals surface area contributed by atoms with Gasteiger partial charge in [-0.05, 0) is 58.4 Å². The van der Waals surface area contributed by atoms with Gasteiger partial charge < -0.3 is 19.7 Å². The fourth-order valence-corrected chi connectivity index (χ4v) is 4.88. The van der Waals surface area contributed by atoms with Crippen molar-refractivity contribution in [1.29, 1.82) is 0 Å². The summed E-state index contributed by atoms with van der Waals surface area (Å²) in [6.07, 6.45) is 0. The molecule has 36 heavy (non-hydrogen) atoms. The summed E-state index contributed by atoms with van der Waals surface area (Å²) in [7, 11) is -3.85. The van der Waals surface area contributed by atoms with Gasteiger partial charge in [0.1, 0.15) is 12.6 Å². The Hall–Kier alpha value is -2.98. The molecule has 196 valence electrons. The first-order valence-electron chi connectivity index (χ1n) is 11.6. The number of carbonyl (C=O) groups excluding carboxylic acids is 2. The molecule has 9 nitrogen and oxygen atoms in total. The second-order valence-electron chi connectivity index (χ2n) is 9.47. The Bertz CT molecular complexity index is 1230. The van der Waals surface area contributed by atoms with Crippen LogP contribution in [0.2, 0.25) is 5.02 Å². The molecule has 1 atom stereocenters. The summed E-state index contributed by atoms with van der Waals surface area (Å²) in [6, 6.07) is 10.8. The highest BCUT2D eigenvalue weighted by Crippen LogP contribution is 2.36. The highest BCUT2D eigenvalue weighted by molar-refractivity contribution is 7.92. The number of nitrogens with one attached hydrogen (secondary N) is 1. The van der Waals surface area contributed by atoms with Gasteiger partial charge in [-0.15, -0.1) is 0 Å². The Kier molecular flexibility index (Phi) is 8.40. The standard InChI is InChI=1S/C25H32ClN3O6S/c1-6-36(32,33)29(19-11-12-21-22(13-19)35-16-34-21)15-23(30)28(14-18-9-7-8-10-20(18)26)17(2)24(31)27-25(3,4)5/h7-13,17H,6,14-16H2,1-5H3,(H,27,31)/t17-/m0/s1. The van der Waals surface area contributed by atoms with Gasteiger partial charge in [-0.1, -0.05) is 29.8 Å². The maximum absolute atomic E-state index is 13.7. The number of ether oxygens (including phenoxy) is 2. The van der Waals surface area contributed by atoms with E-state index >= 15 is 0 Å². The maximum atomic E-state index is 13.7. The molecule has 1 aliphatic rings. The number of carbonyl (C=O) groups is 2. The molecule has 1 heterocycles. The third-order valence-electron chi connectivity index (χ3n) is 5.59. The number of anilines is 1. The number of hydrogen-bond acceptors (Lipinski definition) is 6. The fourth-order valence-electron chi connectivity index (χ4n) is 3.63. The van der Waals surface area contributed by atoms with Crippen molar-refractivity contribution in [2.24, 2.45) is 0 Å². The van der Waals surface area contributed by atoms with Crippen LogP contribution in [0.4, 0.5) is 5.69 Å². The van der Waals surface area contributed by atoms with E-state index in [0.717, 1.165) is 4.31 Å². The van der Waals surface area contributed by atoms with E-state index in [4.69, 9.17) is 21.1 Å². The Morgan fingerprint density at radius 1 is 1.11 bits per heavy atom. The van der Waals surface area contributed by atoms with Crippen LogP contribution in [0.15, 0.2) is 42.5 Å². The molecule has 3 rings (SSSR count). The molecule has 0 aromatic heterocycles. The first-order chi connectivity index (χ1) is 16.8. The number of fused-ring (bicyclic) bond motifs is 1. The highest BCUT2D eigenvalue weighted by Gasteiger charge is 2.33. The minimum atomic E-state index is -3.85. The zero-order chi connectivity index (χ0) is 26.7. The Morgan fingerprint density at radius 2 is 1.78 bits per heavy atom. The van der Waals surface area contributed by atoms with Crippen LogP contribution in [-0.4, -0.2) is 55.8 Å². The van der Waals surface area contributed by atoms with Crippen LogP contribution in [0.1, 0.15) is 40.2 Å². The van der Waals surface area contributed by atoms with Gasteiger partial charge in [0, 0.05) is 23.2 Å². The summed E-state index contributed by atoms with van der Waals surface area (Å²) in [4.78, 5) is 28.0. The number of sulfonamides is 1. The van der Waals surface area contributed by atoms with E-state index in [9.17, 15) is 18.0 Å². The molecule has 2 amide bonds. The lowest BCUT2D eigenvalue weighted by atomic mass is 10.1. The minimum absolute atomic E-state index is 0.0262. The van der Waals surface area contributed by atoms with E-state index in [1.54, 1.807) is 43.3 Å². The van der Waals surface area contributed by atoms with Gasteiger partial charge in [-0.25, -0.2) is 8.42 Å². The van der Waals surface area contributed by atoms with Crippen LogP contribution in [0, 0.1) is 0 Å². The van der Waals surface area contributed by atoms with E-state index in [2.05, 4.69) is 5.32 Å². The first-order valence-corrected chi connectivity index (χ1v) is 13.6. The molecule has 0 aliphatic carbocycles. The second-order valence-corrected chi connectivity index (χ2v) is 12.1. The molecule has 0 unspecified atom stereocenters. The molecule has 11 heteroatoms. The van der Waals surface area contributed by atoms with Crippen molar-refractivity contribution >= 4 is 39.1 Å². The smallest absolute Gasteiger partial charge is 0.244 e. The molecule has 1 N–H and O–H groups in total. The van der Waals surface area contributed by atoms with Gasteiger partial charge in [0.05, 0.1) is 11.4 Å². The average molecular weight is 538 g/mol. The lowest BCUT2D eigenvalue weighted by Gasteiger charge is -2.33. The number of halogens is 1. The largest absolute Gasteiger partial charge is 0.454 e. The maximum Gasteiger partial charge on any atom is 0.244 e. The van der Waals surface area contributed by atoms with Crippen LogP contribution in [-0.2, 0) is 26.2 Å². The summed E-state index contributed by atoms with van der Waals surface area (Å²) in [5.74, 6) is -0.259. The molecular weight excluding hydrogens is 506 g/mol. The monoisotopic (exact) mass is 537 g/mol. The number of amides is 2. The summed E-state index contributed by atoms with van der Waals surface area (Å²) in [5, 5.41) is 3.32. The number of benzene rings is 2. The van der Waals surface area contributed by atoms with Crippen LogP contribution < -0.4 is 19.1 Å². The highest BCUT2D eigenvalue weighted by atomic mass is 35.5. The molecule has 0 fully saturated rings. The fraction of sp³-hybridized carbons (Fsp3) is 0.440. The predicted octanol–water partition coefficient (Wildman–Crippen LogP) is 3.56. The Labute approximate surface area is 217 Å². The zero-order valence-electron chi connectivity index (χ0n) is 21.1. The summed E-state index contributed by atoms with van der Waals surface area (Å²) >= 11 is 6.34. The van der Waals surface area contributed by atoms with Crippen molar-refractivity contribution in [3.63, 3.8) is 0 Å². The Balaban J connectivity index is 1.96. The van der Waals surface area contributed by atoms with Gasteiger partial charge in [-0.3, -0.25) is 13.9 Å². The topological polar surface area (TPSA) is 105 Å². The number of rotatable bonds is 9. The van der Waals surface area contributed by atoms with Crippen molar-refractivity contribution in [2.75, 3.05) is 23.4 Å². The second kappa shape index (κ2) is 11.0. The quantitative estimate of drug-likeness (QED) is 0.524. The van der Waals surface area contributed by atoms with E-state index in [1.165, 1.54) is 17.9 Å². The molecule has 0 spiro atoms. The van der Waals surface area contributed by atoms with E-state index in [1.807, 2.05) is 20.8 Å². The van der Waals surface area contributed by atoms with Gasteiger partial charge in [-0.2, -0.15) is 0 Å². The van der Waals surface area contributed by atoms with Gasteiger partial charge in [0.25, 0.3) is 0 Å². The van der Waals surface area contributed by atoms with Gasteiger partial charge >= 0.3 is 0 Å². The van der Waals surface area contributed by atoms with Crippen molar-refractivity contribution in [3.8, 4) is 11.5 Å². The minimum Gasteiger partial charge on any atom is -0.454 e. The molecule has 0 saturated heterocycles. The Morgan fingerprint density at radius 3 is 2.42 bits per heavy atom. The number of hydrogen-bond donors (Lipinski definition) is 1. The van der Waals surface area contributed by atoms with E-state index in [-0.39, 0.29) is 30.7 Å². The van der Waals surface area contributed by atoms with Crippen LogP contribution in [0.25, 0.3) is 0 Å². The van der Waals surface area contributed by atoms with Crippen molar-refractivity contribution in [1.82, 2.24) is 10.2 Å². The summed E-state index contributed by atoms with van der Waals surface area (Å²) in [5.41, 5.74) is 0.379. The first kappa shape index (κ1) is 27.6. The molecule has 0 radical (unpaired) electrons. The normalized spacial score (nSPS) is 13.7. The molecule has 1 aliphatic heterocycles. The lowest BCUT2D eigenvalue weighted by molar-refractivity contribution is -0.140. The third-order valence-corrected chi connectivity index (χ3v) is 7.70. The SMILES string of the molecule is CCS(=O)(=O)N(CC(=O)N(Cc1ccccc1Cl)[C@@H](C)C(=O)NC(C)(C)C)c1ccc2c(c1)OCO2. The van der Waals surface area contributed by atoms with E-state index in [0.29, 0.717) is 22.1 Å². The molecule has 2 aromatic rings. The summed E-state index contributed by atoms with van der Waals surface area (Å²) < 4.78 is 37.8. The van der Waals surface area contributed by atoms with Crippen molar-refractivity contribution in [2.45, 2.75) is 52.7 Å². The van der Waals surface area contributed by atoms with Gasteiger partial charge in [0.15, 0.2) is 11.5 Å². The van der Waals surface area contributed by atoms with E-state index < -0.39 is 34.1 Å². The van der Waals surface area contributed by atoms with Crippen LogP contribution >= 0.6 is 11.6 Å². The van der Waals surface area contributed by atoms with Crippen molar-refractivity contribution < 1.29 is 27.5 Å². The predicted molar refractivity (Wildman–Crippen MR) is 139 cm³/mol. The lowest BCUT2D eigenvalue weighted by Crippen LogP contribution is -2.54. The molecular formula is C25H32ClN3O6S. The molecule has 2 aromatic carbocycles. The van der Waals surface area contributed by atoms with Crippen LogP contribution in [0.3, 0.4) is 0 Å².